The van der Waals surface area contributed by atoms with E-state index in [4.69, 9.17) is 5.73 Å². The number of benzene rings is 1. The molecule has 5 heteroatoms. The Bertz CT molecular complexity index is 549. The van der Waals surface area contributed by atoms with Gasteiger partial charge in [-0.1, -0.05) is 0 Å². The number of nitrogens with two attached hydrogens (primary N) is 1. The van der Waals surface area contributed by atoms with Gasteiger partial charge >= 0.3 is 0 Å². The second-order valence-electron chi connectivity index (χ2n) is 3.88. The molecule has 90 valence electrons. The first-order valence-corrected chi connectivity index (χ1v) is 5.99. The highest BCUT2D eigenvalue weighted by molar-refractivity contribution is 7.15. The molecule has 0 radical (unpaired) electrons. The van der Waals surface area contributed by atoms with E-state index in [2.05, 4.69) is 4.98 Å². The molecule has 1 atom stereocenters. The summed E-state index contributed by atoms with van der Waals surface area (Å²) in [5.74, 6) is -0.951. The molecule has 2 rings (SSSR count). The zero-order valence-electron chi connectivity index (χ0n) is 9.50. The van der Waals surface area contributed by atoms with Crippen LogP contribution in [-0.4, -0.2) is 4.98 Å². The van der Waals surface area contributed by atoms with Crippen LogP contribution in [0.25, 0.3) is 10.6 Å². The molecule has 2 nitrogen and oxygen atoms in total. The van der Waals surface area contributed by atoms with E-state index in [1.165, 1.54) is 11.3 Å². The Balaban J connectivity index is 2.53. The van der Waals surface area contributed by atoms with Crippen LogP contribution in [0.2, 0.25) is 0 Å². The first kappa shape index (κ1) is 12.1. The summed E-state index contributed by atoms with van der Waals surface area (Å²) in [6.07, 6.45) is 0. The van der Waals surface area contributed by atoms with Crippen molar-refractivity contribution in [1.29, 1.82) is 0 Å². The predicted octanol–water partition coefficient (Wildman–Crippen LogP) is 3.42. The number of rotatable bonds is 2. The average Bonchev–Trinajstić information content (AvgIpc) is 2.64. The van der Waals surface area contributed by atoms with Crippen molar-refractivity contribution in [2.24, 2.45) is 5.73 Å². The van der Waals surface area contributed by atoms with Crippen molar-refractivity contribution in [2.75, 3.05) is 0 Å². The Morgan fingerprint density at radius 1 is 1.35 bits per heavy atom. The molecule has 1 aromatic heterocycles. The van der Waals surface area contributed by atoms with Crippen molar-refractivity contribution in [2.45, 2.75) is 19.9 Å². The first-order chi connectivity index (χ1) is 7.99. The van der Waals surface area contributed by atoms with Crippen LogP contribution in [0.3, 0.4) is 0 Å². The Labute approximate surface area is 102 Å². The van der Waals surface area contributed by atoms with Gasteiger partial charge in [0.25, 0.3) is 0 Å². The molecule has 0 amide bonds. The predicted molar refractivity (Wildman–Crippen MR) is 64.8 cm³/mol. The van der Waals surface area contributed by atoms with Crippen molar-refractivity contribution >= 4 is 11.3 Å². The molecule has 1 heterocycles. The van der Waals surface area contributed by atoms with E-state index in [0.29, 0.717) is 5.01 Å². The van der Waals surface area contributed by atoms with Crippen LogP contribution < -0.4 is 5.73 Å². The number of hydrogen-bond acceptors (Lipinski definition) is 3. The fourth-order valence-corrected chi connectivity index (χ4v) is 2.64. The summed E-state index contributed by atoms with van der Waals surface area (Å²) in [4.78, 5) is 5.13. The maximum absolute atomic E-state index is 13.6. The van der Waals surface area contributed by atoms with Crippen molar-refractivity contribution in [3.05, 3.63) is 40.4 Å². The second kappa shape index (κ2) is 4.50. The number of aromatic nitrogens is 1. The van der Waals surface area contributed by atoms with Crippen LogP contribution in [0.1, 0.15) is 23.5 Å². The third kappa shape index (κ3) is 2.35. The van der Waals surface area contributed by atoms with Gasteiger partial charge in [-0.2, -0.15) is 0 Å². The van der Waals surface area contributed by atoms with E-state index in [1.54, 1.807) is 0 Å². The van der Waals surface area contributed by atoms with E-state index in [1.807, 2.05) is 13.8 Å². The minimum atomic E-state index is -0.476. The highest BCUT2D eigenvalue weighted by atomic mass is 32.1. The van der Waals surface area contributed by atoms with Crippen LogP contribution >= 0.6 is 11.3 Å². The van der Waals surface area contributed by atoms with E-state index < -0.39 is 11.6 Å². The summed E-state index contributed by atoms with van der Waals surface area (Å²) in [5.41, 5.74) is 6.73. The van der Waals surface area contributed by atoms with E-state index in [-0.39, 0.29) is 11.6 Å². The Hall–Kier alpha value is -1.33. The quantitative estimate of drug-likeness (QED) is 0.891. The summed E-state index contributed by atoms with van der Waals surface area (Å²) in [6.45, 7) is 3.65. The summed E-state index contributed by atoms with van der Waals surface area (Å²) in [5, 5.41) is 0.465. The van der Waals surface area contributed by atoms with E-state index in [9.17, 15) is 8.78 Å². The van der Waals surface area contributed by atoms with Gasteiger partial charge < -0.3 is 5.73 Å². The van der Waals surface area contributed by atoms with Gasteiger partial charge in [0.05, 0.1) is 5.69 Å². The number of aryl methyl sites for hydroxylation is 1. The zero-order valence-corrected chi connectivity index (χ0v) is 10.3. The van der Waals surface area contributed by atoms with Crippen LogP contribution in [0.4, 0.5) is 8.78 Å². The third-order valence-electron chi connectivity index (χ3n) is 2.40. The molecule has 0 aliphatic carbocycles. The normalized spacial score (nSPS) is 12.8. The van der Waals surface area contributed by atoms with Crippen molar-refractivity contribution < 1.29 is 8.78 Å². The number of nitrogens with zero attached hydrogens (tertiary/aromatic N) is 1. The Morgan fingerprint density at radius 2 is 2.06 bits per heavy atom. The fourth-order valence-electron chi connectivity index (χ4n) is 1.61. The molecule has 0 bridgehead atoms. The lowest BCUT2D eigenvalue weighted by Gasteiger charge is -2.00. The number of hydrogen-bond donors (Lipinski definition) is 1. The molecule has 0 saturated carbocycles. The lowest BCUT2D eigenvalue weighted by atomic mass is 10.2. The maximum Gasteiger partial charge on any atom is 0.133 e. The molecule has 0 saturated heterocycles. The van der Waals surface area contributed by atoms with Crippen molar-refractivity contribution in [3.63, 3.8) is 0 Å². The van der Waals surface area contributed by atoms with Gasteiger partial charge in [-0.25, -0.2) is 13.8 Å². The van der Waals surface area contributed by atoms with Crippen LogP contribution in [0.5, 0.6) is 0 Å². The van der Waals surface area contributed by atoms with Crippen molar-refractivity contribution in [3.8, 4) is 10.6 Å². The lowest BCUT2D eigenvalue weighted by Crippen LogP contribution is -2.03. The molecule has 17 heavy (non-hydrogen) atoms. The summed E-state index contributed by atoms with van der Waals surface area (Å²) in [6, 6.07) is 3.19. The largest absolute Gasteiger partial charge is 0.323 e. The molecule has 1 aromatic carbocycles. The fraction of sp³-hybridized carbons (Fsp3) is 0.250. The molecule has 2 N–H and O–H groups in total. The van der Waals surface area contributed by atoms with Gasteiger partial charge in [-0.3, -0.25) is 0 Å². The highest BCUT2D eigenvalue weighted by Gasteiger charge is 2.15. The molecule has 1 unspecified atom stereocenters. The van der Waals surface area contributed by atoms with Gasteiger partial charge in [0.1, 0.15) is 16.6 Å². The number of halogens is 2. The smallest absolute Gasteiger partial charge is 0.133 e. The monoisotopic (exact) mass is 254 g/mol. The van der Waals surface area contributed by atoms with Gasteiger partial charge in [0.15, 0.2) is 0 Å². The first-order valence-electron chi connectivity index (χ1n) is 5.17. The molecular formula is C12H12F2N2S. The minimum Gasteiger partial charge on any atom is -0.323 e. The topological polar surface area (TPSA) is 38.9 Å². The third-order valence-corrected chi connectivity index (χ3v) is 3.80. The maximum atomic E-state index is 13.6. The second-order valence-corrected chi connectivity index (χ2v) is 4.91. The molecule has 0 aliphatic heterocycles. The zero-order chi connectivity index (χ0) is 12.6. The van der Waals surface area contributed by atoms with Gasteiger partial charge in [-0.05, 0) is 32.0 Å². The lowest BCUT2D eigenvalue weighted by molar-refractivity contribution is 0.603. The Kier molecular flexibility index (Phi) is 3.22. The molecule has 0 fully saturated rings. The molecular weight excluding hydrogens is 242 g/mol. The SMILES string of the molecule is Cc1nc(-c2cc(F)ccc2F)sc1C(C)N. The average molecular weight is 254 g/mol. The van der Waals surface area contributed by atoms with Crippen molar-refractivity contribution in [1.82, 2.24) is 4.98 Å². The summed E-state index contributed by atoms with van der Waals surface area (Å²) >= 11 is 1.30. The highest BCUT2D eigenvalue weighted by Crippen LogP contribution is 2.32. The standard InChI is InChI=1S/C12H12F2N2S/c1-6(15)11-7(2)16-12(17-11)9-5-8(13)3-4-10(9)14/h3-6H,15H2,1-2H3. The van der Waals surface area contributed by atoms with Crippen LogP contribution in [0, 0.1) is 18.6 Å². The van der Waals surface area contributed by atoms with E-state index in [0.717, 1.165) is 28.8 Å². The molecule has 2 aromatic rings. The summed E-state index contributed by atoms with van der Waals surface area (Å²) < 4.78 is 26.7. The van der Waals surface area contributed by atoms with Crippen LogP contribution in [0.15, 0.2) is 18.2 Å². The van der Waals surface area contributed by atoms with Gasteiger partial charge in [-0.15, -0.1) is 11.3 Å². The Morgan fingerprint density at radius 3 is 2.65 bits per heavy atom. The van der Waals surface area contributed by atoms with Gasteiger partial charge in [0, 0.05) is 16.5 Å². The molecule has 0 aliphatic rings. The summed E-state index contributed by atoms with van der Waals surface area (Å²) in [7, 11) is 0. The molecule has 0 spiro atoms. The van der Waals surface area contributed by atoms with E-state index >= 15 is 0 Å². The van der Waals surface area contributed by atoms with Gasteiger partial charge in [0.2, 0.25) is 0 Å². The van der Waals surface area contributed by atoms with Crippen LogP contribution in [-0.2, 0) is 0 Å². The number of thiazole rings is 1. The minimum absolute atomic E-state index is 0.155.